The van der Waals surface area contributed by atoms with Crippen LogP contribution in [0.25, 0.3) is 0 Å². The number of hydrogen-bond acceptors (Lipinski definition) is 3. The SMILES string of the molecule is CN(C)C1CCN(C(CN)c2ccccc2F)CC1. The van der Waals surface area contributed by atoms with Crippen LogP contribution in [-0.4, -0.2) is 49.6 Å². The molecule has 1 aliphatic heterocycles. The zero-order valence-corrected chi connectivity index (χ0v) is 11.8. The van der Waals surface area contributed by atoms with Crippen molar-refractivity contribution in [2.45, 2.75) is 24.9 Å². The van der Waals surface area contributed by atoms with Crippen molar-refractivity contribution in [3.8, 4) is 0 Å². The minimum absolute atomic E-state index is 0.00399. The number of rotatable bonds is 4. The van der Waals surface area contributed by atoms with Crippen LogP contribution < -0.4 is 5.73 Å². The summed E-state index contributed by atoms with van der Waals surface area (Å²) in [6.07, 6.45) is 2.25. The van der Waals surface area contributed by atoms with Crippen molar-refractivity contribution >= 4 is 0 Å². The first-order valence-electron chi connectivity index (χ1n) is 6.98. The second-order valence-corrected chi connectivity index (χ2v) is 5.50. The van der Waals surface area contributed by atoms with Crippen LogP contribution in [0.15, 0.2) is 24.3 Å². The van der Waals surface area contributed by atoms with Gasteiger partial charge in [0.25, 0.3) is 0 Å². The van der Waals surface area contributed by atoms with Crippen LogP contribution in [0.4, 0.5) is 4.39 Å². The molecule has 0 aromatic heterocycles. The summed E-state index contributed by atoms with van der Waals surface area (Å²) in [5.41, 5.74) is 6.61. The van der Waals surface area contributed by atoms with Crippen molar-refractivity contribution in [3.05, 3.63) is 35.6 Å². The summed E-state index contributed by atoms with van der Waals surface area (Å²) < 4.78 is 13.9. The summed E-state index contributed by atoms with van der Waals surface area (Å²) >= 11 is 0. The summed E-state index contributed by atoms with van der Waals surface area (Å²) in [5.74, 6) is -0.146. The molecule has 19 heavy (non-hydrogen) atoms. The highest BCUT2D eigenvalue weighted by Gasteiger charge is 2.27. The maximum atomic E-state index is 13.9. The molecule has 0 bridgehead atoms. The third-order valence-electron chi connectivity index (χ3n) is 4.16. The summed E-state index contributed by atoms with van der Waals surface area (Å²) in [6.45, 7) is 2.44. The van der Waals surface area contributed by atoms with Crippen molar-refractivity contribution in [1.29, 1.82) is 0 Å². The quantitative estimate of drug-likeness (QED) is 0.902. The van der Waals surface area contributed by atoms with Gasteiger partial charge in [-0.25, -0.2) is 4.39 Å². The largest absolute Gasteiger partial charge is 0.329 e. The van der Waals surface area contributed by atoms with Crippen LogP contribution in [0.2, 0.25) is 0 Å². The number of benzene rings is 1. The van der Waals surface area contributed by atoms with Gasteiger partial charge in [-0.2, -0.15) is 0 Å². The summed E-state index contributed by atoms with van der Waals surface area (Å²) in [6, 6.07) is 7.62. The number of piperidine rings is 1. The average molecular weight is 265 g/mol. The lowest BCUT2D eigenvalue weighted by Crippen LogP contribution is -2.45. The average Bonchev–Trinajstić information content (AvgIpc) is 2.42. The molecule has 1 aromatic carbocycles. The Morgan fingerprint density at radius 1 is 1.32 bits per heavy atom. The highest BCUT2D eigenvalue weighted by molar-refractivity contribution is 5.21. The van der Waals surface area contributed by atoms with Gasteiger partial charge in [-0.3, -0.25) is 4.90 Å². The van der Waals surface area contributed by atoms with Gasteiger partial charge in [-0.1, -0.05) is 18.2 Å². The van der Waals surface area contributed by atoms with Crippen LogP contribution in [-0.2, 0) is 0 Å². The highest BCUT2D eigenvalue weighted by atomic mass is 19.1. The fraction of sp³-hybridized carbons (Fsp3) is 0.600. The second kappa shape index (κ2) is 6.46. The third-order valence-corrected chi connectivity index (χ3v) is 4.16. The highest BCUT2D eigenvalue weighted by Crippen LogP contribution is 2.26. The van der Waals surface area contributed by atoms with E-state index in [-0.39, 0.29) is 11.9 Å². The Bertz CT molecular complexity index is 400. The lowest BCUT2D eigenvalue weighted by molar-refractivity contribution is 0.109. The van der Waals surface area contributed by atoms with E-state index in [9.17, 15) is 4.39 Å². The number of nitrogens with zero attached hydrogens (tertiary/aromatic N) is 2. The predicted molar refractivity (Wildman–Crippen MR) is 76.5 cm³/mol. The van der Waals surface area contributed by atoms with Gasteiger partial charge in [0.2, 0.25) is 0 Å². The van der Waals surface area contributed by atoms with Crippen molar-refractivity contribution in [1.82, 2.24) is 9.80 Å². The number of likely N-dealkylation sites (tertiary alicyclic amines) is 1. The van der Waals surface area contributed by atoms with Gasteiger partial charge >= 0.3 is 0 Å². The van der Waals surface area contributed by atoms with E-state index in [4.69, 9.17) is 5.73 Å². The molecular formula is C15H24FN3. The van der Waals surface area contributed by atoms with Crippen molar-refractivity contribution in [3.63, 3.8) is 0 Å². The van der Waals surface area contributed by atoms with Crippen molar-refractivity contribution in [2.75, 3.05) is 33.7 Å². The predicted octanol–water partition coefficient (Wildman–Crippen LogP) is 1.85. The molecule has 106 valence electrons. The summed E-state index contributed by atoms with van der Waals surface area (Å²) in [4.78, 5) is 4.59. The molecule has 3 nitrogen and oxygen atoms in total. The van der Waals surface area contributed by atoms with Gasteiger partial charge in [-0.05, 0) is 33.0 Å². The first-order valence-corrected chi connectivity index (χ1v) is 6.98. The first kappa shape index (κ1) is 14.4. The van der Waals surface area contributed by atoms with E-state index in [1.807, 2.05) is 12.1 Å². The van der Waals surface area contributed by atoms with Gasteiger partial charge in [0.05, 0.1) is 0 Å². The molecule has 0 amide bonds. The van der Waals surface area contributed by atoms with Gasteiger partial charge in [0.15, 0.2) is 0 Å². The monoisotopic (exact) mass is 265 g/mol. The zero-order valence-electron chi connectivity index (χ0n) is 11.8. The number of nitrogens with two attached hydrogens (primary N) is 1. The number of halogens is 1. The van der Waals surface area contributed by atoms with E-state index < -0.39 is 0 Å². The molecule has 1 unspecified atom stereocenters. The third kappa shape index (κ3) is 3.32. The molecule has 0 radical (unpaired) electrons. The molecule has 2 N–H and O–H groups in total. The van der Waals surface area contributed by atoms with Crippen molar-refractivity contribution in [2.24, 2.45) is 5.73 Å². The molecule has 1 saturated heterocycles. The van der Waals surface area contributed by atoms with Crippen LogP contribution in [0.5, 0.6) is 0 Å². The van der Waals surface area contributed by atoms with E-state index in [0.717, 1.165) is 31.5 Å². The Morgan fingerprint density at radius 3 is 2.47 bits per heavy atom. The molecule has 0 saturated carbocycles. The summed E-state index contributed by atoms with van der Waals surface area (Å²) in [7, 11) is 4.25. The van der Waals surface area contributed by atoms with E-state index >= 15 is 0 Å². The normalized spacial score (nSPS) is 19.8. The van der Waals surface area contributed by atoms with Gasteiger partial charge < -0.3 is 10.6 Å². The van der Waals surface area contributed by atoms with Crippen LogP contribution in [0, 0.1) is 5.82 Å². The molecule has 0 aliphatic carbocycles. The van der Waals surface area contributed by atoms with Gasteiger partial charge in [0.1, 0.15) is 5.82 Å². The number of hydrogen-bond donors (Lipinski definition) is 1. The fourth-order valence-corrected chi connectivity index (χ4v) is 2.93. The Hall–Kier alpha value is -0.970. The summed E-state index contributed by atoms with van der Waals surface area (Å²) in [5, 5.41) is 0. The van der Waals surface area contributed by atoms with E-state index in [1.165, 1.54) is 6.07 Å². The Labute approximate surface area is 115 Å². The maximum absolute atomic E-state index is 13.9. The maximum Gasteiger partial charge on any atom is 0.128 e. The van der Waals surface area contributed by atoms with Crippen molar-refractivity contribution < 1.29 is 4.39 Å². The molecule has 1 aromatic rings. The lowest BCUT2D eigenvalue weighted by Gasteiger charge is -2.39. The van der Waals surface area contributed by atoms with E-state index in [2.05, 4.69) is 23.9 Å². The van der Waals surface area contributed by atoms with Crippen LogP contribution >= 0.6 is 0 Å². The van der Waals surface area contributed by atoms with E-state index in [1.54, 1.807) is 6.07 Å². The van der Waals surface area contributed by atoms with Gasteiger partial charge in [-0.15, -0.1) is 0 Å². The molecule has 1 atom stereocenters. The molecule has 2 rings (SSSR count). The van der Waals surface area contributed by atoms with Crippen LogP contribution in [0.1, 0.15) is 24.4 Å². The minimum atomic E-state index is -0.146. The van der Waals surface area contributed by atoms with E-state index in [0.29, 0.717) is 12.6 Å². The molecular weight excluding hydrogens is 241 g/mol. The molecule has 4 heteroatoms. The zero-order chi connectivity index (χ0) is 13.8. The Balaban J connectivity index is 2.06. The topological polar surface area (TPSA) is 32.5 Å². The second-order valence-electron chi connectivity index (χ2n) is 5.50. The molecule has 1 aliphatic rings. The standard InChI is InChI=1S/C15H24FN3/c1-18(2)12-7-9-19(10-8-12)15(11-17)13-5-3-4-6-14(13)16/h3-6,12,15H,7-11,17H2,1-2H3. The minimum Gasteiger partial charge on any atom is -0.329 e. The van der Waals surface area contributed by atoms with Gasteiger partial charge in [0, 0.05) is 37.3 Å². The van der Waals surface area contributed by atoms with Crippen LogP contribution in [0.3, 0.4) is 0 Å². The fourth-order valence-electron chi connectivity index (χ4n) is 2.93. The molecule has 0 spiro atoms. The molecule has 1 heterocycles. The smallest absolute Gasteiger partial charge is 0.128 e. The first-order chi connectivity index (χ1) is 9.13. The lowest BCUT2D eigenvalue weighted by atomic mass is 9.98. The molecule has 1 fully saturated rings. The Kier molecular flexibility index (Phi) is 4.91. The Morgan fingerprint density at radius 2 is 1.95 bits per heavy atom.